The number of benzene rings is 1. The molecule has 1 aromatic heterocycles. The van der Waals surface area contributed by atoms with Crippen molar-refractivity contribution in [1.29, 1.82) is 0 Å². The predicted molar refractivity (Wildman–Crippen MR) is 90.2 cm³/mol. The van der Waals surface area contributed by atoms with Gasteiger partial charge in [0, 0.05) is 18.3 Å². The van der Waals surface area contributed by atoms with Gasteiger partial charge in [-0.15, -0.1) is 11.3 Å². The summed E-state index contributed by atoms with van der Waals surface area (Å²) in [4.78, 5) is 26.3. The van der Waals surface area contributed by atoms with Crippen LogP contribution in [0.2, 0.25) is 0 Å². The third-order valence-corrected chi connectivity index (χ3v) is 4.98. The zero-order valence-corrected chi connectivity index (χ0v) is 13.9. The van der Waals surface area contributed by atoms with Crippen LogP contribution in [0.15, 0.2) is 24.3 Å². The van der Waals surface area contributed by atoms with Gasteiger partial charge in [0.05, 0.1) is 29.3 Å². The van der Waals surface area contributed by atoms with Crippen LogP contribution in [0.4, 0.5) is 5.69 Å². The first-order chi connectivity index (χ1) is 11.1. The molecule has 0 radical (unpaired) electrons. The molecule has 2 heterocycles. The summed E-state index contributed by atoms with van der Waals surface area (Å²) in [6, 6.07) is 7.27. The summed E-state index contributed by atoms with van der Waals surface area (Å²) in [5, 5.41) is 5.45. The van der Waals surface area contributed by atoms with Gasteiger partial charge in [0.25, 0.3) is 11.8 Å². The molecule has 5 nitrogen and oxygen atoms in total. The van der Waals surface area contributed by atoms with Crippen LogP contribution < -0.4 is 10.6 Å². The molecular weight excluding hydrogens is 312 g/mol. The first-order valence-corrected chi connectivity index (χ1v) is 8.23. The zero-order chi connectivity index (χ0) is 16.4. The van der Waals surface area contributed by atoms with Crippen molar-refractivity contribution >= 4 is 28.8 Å². The molecular formula is C17H18N2O3S. The van der Waals surface area contributed by atoms with E-state index in [0.717, 1.165) is 17.5 Å². The molecule has 0 bridgehead atoms. The van der Waals surface area contributed by atoms with Gasteiger partial charge in [0.1, 0.15) is 0 Å². The number of ether oxygens (including phenoxy) is 1. The maximum atomic E-state index is 12.5. The second-order valence-electron chi connectivity index (χ2n) is 5.44. The van der Waals surface area contributed by atoms with Gasteiger partial charge in [-0.05, 0) is 30.7 Å². The van der Waals surface area contributed by atoms with E-state index < -0.39 is 0 Å². The normalized spacial score (nSPS) is 13.3. The fourth-order valence-corrected chi connectivity index (χ4v) is 3.58. The SMILES string of the molecule is CNC(=O)c1cc(C)ccc1NC(=O)c1cc2c(s1)CCOC2. The molecule has 6 heteroatoms. The molecule has 0 fully saturated rings. The molecule has 1 aliphatic heterocycles. The lowest BCUT2D eigenvalue weighted by molar-refractivity contribution is 0.0964. The number of thiophene rings is 1. The van der Waals surface area contributed by atoms with E-state index in [1.807, 2.05) is 19.1 Å². The van der Waals surface area contributed by atoms with E-state index >= 15 is 0 Å². The summed E-state index contributed by atoms with van der Waals surface area (Å²) in [5.41, 5.74) is 3.03. The molecule has 1 aliphatic rings. The maximum Gasteiger partial charge on any atom is 0.265 e. The second-order valence-corrected chi connectivity index (χ2v) is 6.58. The number of anilines is 1. The van der Waals surface area contributed by atoms with Gasteiger partial charge < -0.3 is 15.4 Å². The molecule has 0 spiro atoms. The third-order valence-electron chi connectivity index (χ3n) is 3.75. The molecule has 23 heavy (non-hydrogen) atoms. The van der Waals surface area contributed by atoms with Gasteiger partial charge in [0.15, 0.2) is 0 Å². The van der Waals surface area contributed by atoms with E-state index in [1.54, 1.807) is 19.2 Å². The van der Waals surface area contributed by atoms with Crippen LogP contribution in [-0.2, 0) is 17.8 Å². The largest absolute Gasteiger partial charge is 0.376 e. The summed E-state index contributed by atoms with van der Waals surface area (Å²) in [5.74, 6) is -0.415. The van der Waals surface area contributed by atoms with Crippen molar-refractivity contribution in [3.8, 4) is 0 Å². The molecule has 3 rings (SSSR count). The van der Waals surface area contributed by atoms with E-state index in [2.05, 4.69) is 10.6 Å². The van der Waals surface area contributed by atoms with Gasteiger partial charge in [-0.1, -0.05) is 11.6 Å². The van der Waals surface area contributed by atoms with Gasteiger partial charge in [-0.2, -0.15) is 0 Å². The fourth-order valence-electron chi connectivity index (χ4n) is 2.53. The monoisotopic (exact) mass is 330 g/mol. The fraction of sp³-hybridized carbons (Fsp3) is 0.294. The Morgan fingerprint density at radius 1 is 1.22 bits per heavy atom. The number of carbonyl (C=O) groups is 2. The Labute approximate surface area is 138 Å². The van der Waals surface area contributed by atoms with Gasteiger partial charge in [-0.3, -0.25) is 9.59 Å². The highest BCUT2D eigenvalue weighted by Gasteiger charge is 2.19. The highest BCUT2D eigenvalue weighted by Crippen LogP contribution is 2.28. The number of aryl methyl sites for hydroxylation is 1. The molecule has 120 valence electrons. The highest BCUT2D eigenvalue weighted by molar-refractivity contribution is 7.14. The van der Waals surface area contributed by atoms with Crippen molar-refractivity contribution in [3.63, 3.8) is 0 Å². The van der Waals surface area contributed by atoms with Crippen LogP contribution in [0.3, 0.4) is 0 Å². The minimum absolute atomic E-state index is 0.196. The van der Waals surface area contributed by atoms with Crippen molar-refractivity contribution in [2.75, 3.05) is 19.0 Å². The molecule has 0 atom stereocenters. The summed E-state index contributed by atoms with van der Waals surface area (Å²) < 4.78 is 5.41. The van der Waals surface area contributed by atoms with Crippen molar-refractivity contribution in [2.24, 2.45) is 0 Å². The van der Waals surface area contributed by atoms with Crippen LogP contribution in [0.25, 0.3) is 0 Å². The molecule has 2 aromatic rings. The average molecular weight is 330 g/mol. The molecule has 1 aromatic carbocycles. The average Bonchev–Trinajstić information content (AvgIpc) is 3.00. The molecule has 0 saturated carbocycles. The summed E-state index contributed by atoms with van der Waals surface area (Å²) >= 11 is 1.49. The summed E-state index contributed by atoms with van der Waals surface area (Å²) in [6.07, 6.45) is 0.849. The van der Waals surface area contributed by atoms with E-state index in [-0.39, 0.29) is 11.8 Å². The Morgan fingerprint density at radius 3 is 2.78 bits per heavy atom. The Kier molecular flexibility index (Phi) is 4.45. The van der Waals surface area contributed by atoms with Gasteiger partial charge in [-0.25, -0.2) is 0 Å². The maximum absolute atomic E-state index is 12.5. The lowest BCUT2D eigenvalue weighted by Crippen LogP contribution is -2.21. The van der Waals surface area contributed by atoms with Crippen LogP contribution in [0.5, 0.6) is 0 Å². The topological polar surface area (TPSA) is 67.4 Å². The Hall–Kier alpha value is -2.18. The Bertz CT molecular complexity index is 744. The van der Waals surface area contributed by atoms with Crippen LogP contribution in [-0.4, -0.2) is 25.5 Å². The molecule has 2 amide bonds. The number of rotatable bonds is 3. The van der Waals surface area contributed by atoms with Gasteiger partial charge in [0.2, 0.25) is 0 Å². The number of nitrogens with one attached hydrogen (secondary N) is 2. The zero-order valence-electron chi connectivity index (χ0n) is 13.1. The van der Waals surface area contributed by atoms with Crippen molar-refractivity contribution in [2.45, 2.75) is 20.0 Å². The van der Waals surface area contributed by atoms with Crippen LogP contribution >= 0.6 is 11.3 Å². The van der Waals surface area contributed by atoms with Crippen molar-refractivity contribution in [3.05, 3.63) is 50.7 Å². The molecule has 0 aliphatic carbocycles. The second kappa shape index (κ2) is 6.52. The molecule has 0 unspecified atom stereocenters. The quantitative estimate of drug-likeness (QED) is 0.909. The van der Waals surface area contributed by atoms with Crippen LogP contribution in [0, 0.1) is 6.92 Å². The number of hydrogen-bond donors (Lipinski definition) is 2. The van der Waals surface area contributed by atoms with Crippen molar-refractivity contribution < 1.29 is 14.3 Å². The Morgan fingerprint density at radius 2 is 2.04 bits per heavy atom. The molecule has 0 saturated heterocycles. The third kappa shape index (κ3) is 3.28. The van der Waals surface area contributed by atoms with Gasteiger partial charge >= 0.3 is 0 Å². The minimum Gasteiger partial charge on any atom is -0.376 e. The lowest BCUT2D eigenvalue weighted by atomic mass is 10.1. The number of hydrogen-bond acceptors (Lipinski definition) is 4. The number of fused-ring (bicyclic) bond motifs is 1. The first kappa shape index (κ1) is 15.7. The molecule has 2 N–H and O–H groups in total. The number of amides is 2. The van der Waals surface area contributed by atoms with E-state index in [9.17, 15) is 9.59 Å². The standard InChI is InChI=1S/C17H18N2O3S/c1-10-3-4-13(12(7-10)16(20)18-2)19-17(21)15-8-11-9-22-6-5-14(11)23-15/h3-4,7-8H,5-6,9H2,1-2H3,(H,18,20)(H,19,21). The van der Waals surface area contributed by atoms with Crippen molar-refractivity contribution in [1.82, 2.24) is 5.32 Å². The van der Waals surface area contributed by atoms with Crippen LogP contribution in [0.1, 0.15) is 36.0 Å². The smallest absolute Gasteiger partial charge is 0.265 e. The first-order valence-electron chi connectivity index (χ1n) is 7.42. The number of carbonyl (C=O) groups excluding carboxylic acids is 2. The van der Waals surface area contributed by atoms with E-state index in [1.165, 1.54) is 16.2 Å². The summed E-state index contributed by atoms with van der Waals surface area (Å²) in [7, 11) is 1.57. The minimum atomic E-state index is -0.220. The predicted octanol–water partition coefficient (Wildman–Crippen LogP) is 2.74. The van der Waals surface area contributed by atoms with E-state index in [0.29, 0.717) is 29.3 Å². The van der Waals surface area contributed by atoms with E-state index in [4.69, 9.17) is 4.74 Å². The Balaban J connectivity index is 1.85. The highest BCUT2D eigenvalue weighted by atomic mass is 32.1. The summed E-state index contributed by atoms with van der Waals surface area (Å²) in [6.45, 7) is 3.17. The lowest BCUT2D eigenvalue weighted by Gasteiger charge is -2.10.